The zero-order valence-corrected chi connectivity index (χ0v) is 12.7. The Morgan fingerprint density at radius 1 is 1.04 bits per heavy atom. The highest BCUT2D eigenvalue weighted by Crippen LogP contribution is 2.20. The van der Waals surface area contributed by atoms with Crippen molar-refractivity contribution in [3.8, 4) is 0 Å². The number of esters is 1. The summed E-state index contributed by atoms with van der Waals surface area (Å²) in [6, 6.07) is 18.0. The molecule has 0 saturated heterocycles. The number of aromatic nitrogens is 1. The standard InChI is InChI=1S/C18H16N2O3/c1-19-18(22)20-15-10-6-5-9-14(15)11-16(20)17(21)23-12-13-7-3-2-4-8-13/h2-11H,12H2,1H3,(H,19,22). The summed E-state index contributed by atoms with van der Waals surface area (Å²) >= 11 is 0. The molecule has 0 unspecified atom stereocenters. The molecule has 0 atom stereocenters. The molecule has 5 heteroatoms. The number of amides is 1. The molecule has 0 saturated carbocycles. The summed E-state index contributed by atoms with van der Waals surface area (Å²) in [5.74, 6) is -0.534. The Labute approximate surface area is 133 Å². The maximum atomic E-state index is 12.4. The van der Waals surface area contributed by atoms with Gasteiger partial charge in [0.2, 0.25) is 0 Å². The lowest BCUT2D eigenvalue weighted by atomic mass is 10.2. The second-order valence-electron chi connectivity index (χ2n) is 5.04. The van der Waals surface area contributed by atoms with Crippen LogP contribution in [-0.4, -0.2) is 23.6 Å². The molecule has 0 spiro atoms. The highest BCUT2D eigenvalue weighted by atomic mass is 16.5. The van der Waals surface area contributed by atoms with Crippen LogP contribution in [-0.2, 0) is 11.3 Å². The van der Waals surface area contributed by atoms with Gasteiger partial charge in [-0.1, -0.05) is 48.5 Å². The molecule has 0 fully saturated rings. The van der Waals surface area contributed by atoms with Gasteiger partial charge in [-0.25, -0.2) is 9.59 Å². The molecule has 23 heavy (non-hydrogen) atoms. The SMILES string of the molecule is CNC(=O)n1c(C(=O)OCc2ccccc2)cc2ccccc21. The van der Waals surface area contributed by atoms with Crippen molar-refractivity contribution < 1.29 is 14.3 Å². The van der Waals surface area contributed by atoms with Crippen molar-refractivity contribution in [2.45, 2.75) is 6.61 Å². The lowest BCUT2D eigenvalue weighted by Gasteiger charge is -2.09. The van der Waals surface area contributed by atoms with E-state index >= 15 is 0 Å². The third-order valence-electron chi connectivity index (χ3n) is 3.55. The van der Waals surface area contributed by atoms with Crippen LogP contribution in [0.15, 0.2) is 60.7 Å². The zero-order valence-electron chi connectivity index (χ0n) is 12.7. The second-order valence-corrected chi connectivity index (χ2v) is 5.04. The quantitative estimate of drug-likeness (QED) is 0.756. The smallest absolute Gasteiger partial charge is 0.355 e. The van der Waals surface area contributed by atoms with Gasteiger partial charge in [-0.05, 0) is 17.7 Å². The zero-order chi connectivity index (χ0) is 16.2. The first-order valence-corrected chi connectivity index (χ1v) is 7.24. The van der Waals surface area contributed by atoms with E-state index in [1.165, 1.54) is 11.6 Å². The van der Waals surface area contributed by atoms with Crippen molar-refractivity contribution in [1.29, 1.82) is 0 Å². The Morgan fingerprint density at radius 3 is 2.48 bits per heavy atom. The summed E-state index contributed by atoms with van der Waals surface area (Å²) in [5, 5.41) is 3.35. The van der Waals surface area contributed by atoms with Crippen molar-refractivity contribution in [2.24, 2.45) is 0 Å². The van der Waals surface area contributed by atoms with E-state index in [9.17, 15) is 9.59 Å². The first-order chi connectivity index (χ1) is 11.2. The van der Waals surface area contributed by atoms with Gasteiger partial charge in [0.25, 0.3) is 0 Å². The lowest BCUT2D eigenvalue weighted by Crippen LogP contribution is -2.27. The van der Waals surface area contributed by atoms with Crippen molar-refractivity contribution in [1.82, 2.24) is 9.88 Å². The van der Waals surface area contributed by atoms with Gasteiger partial charge in [-0.2, -0.15) is 0 Å². The Kier molecular flexibility index (Phi) is 4.10. The average molecular weight is 308 g/mol. The van der Waals surface area contributed by atoms with E-state index in [0.29, 0.717) is 5.52 Å². The molecule has 5 nitrogen and oxygen atoms in total. The molecular formula is C18H16N2O3. The lowest BCUT2D eigenvalue weighted by molar-refractivity contribution is 0.0462. The maximum absolute atomic E-state index is 12.4. The molecule has 1 aromatic heterocycles. The number of hydrogen-bond acceptors (Lipinski definition) is 3. The summed E-state index contributed by atoms with van der Waals surface area (Å²) in [6.07, 6.45) is 0. The molecule has 0 radical (unpaired) electrons. The normalized spacial score (nSPS) is 10.5. The number of benzene rings is 2. The number of carbonyl (C=O) groups is 2. The summed E-state index contributed by atoms with van der Waals surface area (Å²) < 4.78 is 6.68. The van der Waals surface area contributed by atoms with Gasteiger partial charge in [0.05, 0.1) is 5.52 Å². The largest absolute Gasteiger partial charge is 0.456 e. The van der Waals surface area contributed by atoms with Crippen LogP contribution in [0.5, 0.6) is 0 Å². The van der Waals surface area contributed by atoms with Crippen LogP contribution >= 0.6 is 0 Å². The first-order valence-electron chi connectivity index (χ1n) is 7.24. The summed E-state index contributed by atoms with van der Waals surface area (Å²) in [4.78, 5) is 24.5. The van der Waals surface area contributed by atoms with Crippen molar-refractivity contribution >= 4 is 22.9 Å². The van der Waals surface area contributed by atoms with E-state index in [2.05, 4.69) is 5.32 Å². The second kappa shape index (κ2) is 6.36. The van der Waals surface area contributed by atoms with Crippen molar-refractivity contribution in [2.75, 3.05) is 7.05 Å². The Balaban J connectivity index is 1.92. The predicted molar refractivity (Wildman–Crippen MR) is 87.4 cm³/mol. The molecule has 2 aromatic carbocycles. The number of para-hydroxylation sites is 1. The molecule has 0 aliphatic heterocycles. The molecule has 0 aliphatic carbocycles. The van der Waals surface area contributed by atoms with Crippen LogP contribution in [0.25, 0.3) is 10.9 Å². The third-order valence-corrected chi connectivity index (χ3v) is 3.55. The predicted octanol–water partition coefficient (Wildman–Crippen LogP) is 3.19. The summed E-state index contributed by atoms with van der Waals surface area (Å²) in [5.41, 5.74) is 1.77. The Hall–Kier alpha value is -3.08. The fraction of sp³-hybridized carbons (Fsp3) is 0.111. The number of nitrogens with one attached hydrogen (secondary N) is 1. The average Bonchev–Trinajstić information content (AvgIpc) is 2.99. The molecular weight excluding hydrogens is 292 g/mol. The van der Waals surface area contributed by atoms with E-state index < -0.39 is 5.97 Å². The molecule has 3 rings (SSSR count). The van der Waals surface area contributed by atoms with Crippen LogP contribution in [0.4, 0.5) is 4.79 Å². The highest BCUT2D eigenvalue weighted by molar-refractivity contribution is 6.02. The van der Waals surface area contributed by atoms with Crippen molar-refractivity contribution in [3.05, 3.63) is 71.9 Å². The molecule has 116 valence electrons. The van der Waals surface area contributed by atoms with Gasteiger partial charge < -0.3 is 10.1 Å². The Morgan fingerprint density at radius 2 is 1.74 bits per heavy atom. The van der Waals surface area contributed by atoms with Gasteiger partial charge in [-0.3, -0.25) is 4.57 Å². The van der Waals surface area contributed by atoms with Crippen LogP contribution in [0, 0.1) is 0 Å². The number of hydrogen-bond donors (Lipinski definition) is 1. The molecule has 0 aliphatic rings. The van der Waals surface area contributed by atoms with Gasteiger partial charge in [0, 0.05) is 12.4 Å². The molecule has 3 aromatic rings. The van der Waals surface area contributed by atoms with E-state index in [4.69, 9.17) is 4.74 Å². The third kappa shape index (κ3) is 2.94. The monoisotopic (exact) mass is 308 g/mol. The van der Waals surface area contributed by atoms with Gasteiger partial charge in [-0.15, -0.1) is 0 Å². The summed E-state index contributed by atoms with van der Waals surface area (Å²) in [7, 11) is 1.52. The van der Waals surface area contributed by atoms with E-state index in [1.54, 1.807) is 12.1 Å². The first kappa shape index (κ1) is 14.8. The van der Waals surface area contributed by atoms with Crippen LogP contribution < -0.4 is 5.32 Å². The highest BCUT2D eigenvalue weighted by Gasteiger charge is 2.20. The summed E-state index contributed by atoms with van der Waals surface area (Å²) in [6.45, 7) is 0.162. The molecule has 0 bridgehead atoms. The fourth-order valence-electron chi connectivity index (χ4n) is 2.43. The fourth-order valence-corrected chi connectivity index (χ4v) is 2.43. The number of rotatable bonds is 3. The molecule has 1 amide bonds. The van der Waals surface area contributed by atoms with E-state index in [-0.39, 0.29) is 18.3 Å². The van der Waals surface area contributed by atoms with E-state index in [1.807, 2.05) is 48.5 Å². The van der Waals surface area contributed by atoms with E-state index in [0.717, 1.165) is 10.9 Å². The minimum atomic E-state index is -0.534. The maximum Gasteiger partial charge on any atom is 0.355 e. The minimum absolute atomic E-state index is 0.162. The van der Waals surface area contributed by atoms with Gasteiger partial charge in [0.1, 0.15) is 12.3 Å². The Bertz CT molecular complexity index is 853. The van der Waals surface area contributed by atoms with Crippen LogP contribution in [0.1, 0.15) is 16.1 Å². The molecule has 1 N–H and O–H groups in total. The minimum Gasteiger partial charge on any atom is -0.456 e. The number of carbonyl (C=O) groups excluding carboxylic acids is 2. The number of nitrogens with zero attached hydrogens (tertiary/aromatic N) is 1. The molecule has 1 heterocycles. The van der Waals surface area contributed by atoms with Crippen LogP contribution in [0.3, 0.4) is 0 Å². The van der Waals surface area contributed by atoms with Crippen molar-refractivity contribution in [3.63, 3.8) is 0 Å². The number of fused-ring (bicyclic) bond motifs is 1. The van der Waals surface area contributed by atoms with Crippen LogP contribution in [0.2, 0.25) is 0 Å². The topological polar surface area (TPSA) is 60.3 Å². The van der Waals surface area contributed by atoms with Gasteiger partial charge >= 0.3 is 12.0 Å². The number of ether oxygens (including phenoxy) is 1. The van der Waals surface area contributed by atoms with Gasteiger partial charge in [0.15, 0.2) is 0 Å².